The number of nitrogens with zero attached hydrogens (tertiary/aromatic N) is 2. The van der Waals surface area contributed by atoms with E-state index >= 15 is 0 Å². The van der Waals surface area contributed by atoms with Gasteiger partial charge in [-0.2, -0.15) is 4.98 Å². The molecule has 1 amide bonds. The molecule has 1 aromatic heterocycles. The molecule has 1 N–H and O–H groups in total. The van der Waals surface area contributed by atoms with Crippen LogP contribution in [0.4, 0.5) is 0 Å². The molecule has 2 rings (SSSR count). The number of hydrogen-bond acceptors (Lipinski definition) is 5. The number of aryl methyl sites for hydroxylation is 1. The lowest BCUT2D eigenvalue weighted by Gasteiger charge is -2.06. The fraction of sp³-hybridized carbons (Fsp3) is 0.250. The molecule has 0 aliphatic heterocycles. The summed E-state index contributed by atoms with van der Waals surface area (Å²) in [7, 11) is 0. The van der Waals surface area contributed by atoms with Crippen LogP contribution in [0, 0.1) is 6.92 Å². The number of carbonyl (C=O) groups excluding carboxylic acids is 1. The minimum Gasteiger partial charge on any atom is -0.352 e. The summed E-state index contributed by atoms with van der Waals surface area (Å²) in [5.41, 5.74) is 0.553. The molecule has 100 valence electrons. The first-order chi connectivity index (χ1) is 9.06. The predicted molar refractivity (Wildman–Crippen MR) is 76.5 cm³/mol. The number of carbonyl (C=O) groups is 1. The number of benzene rings is 1. The Hall–Kier alpha value is -1.34. The Morgan fingerprint density at radius 3 is 3.00 bits per heavy atom. The van der Waals surface area contributed by atoms with E-state index in [1.54, 1.807) is 19.1 Å². The lowest BCUT2D eigenvalue weighted by atomic mass is 10.2. The Balaban J connectivity index is 1.92. The van der Waals surface area contributed by atoms with Crippen molar-refractivity contribution in [2.24, 2.45) is 0 Å². The van der Waals surface area contributed by atoms with Crippen molar-refractivity contribution in [2.75, 3.05) is 6.54 Å². The van der Waals surface area contributed by atoms with E-state index in [9.17, 15) is 4.79 Å². The highest BCUT2D eigenvalue weighted by Crippen LogP contribution is 2.20. The Kier molecular flexibility index (Phi) is 4.60. The van der Waals surface area contributed by atoms with Crippen LogP contribution in [-0.2, 0) is 6.42 Å². The number of thiol groups is 1. The number of amides is 1. The van der Waals surface area contributed by atoms with E-state index in [4.69, 9.17) is 4.52 Å². The fourth-order valence-corrected chi connectivity index (χ4v) is 2.14. The number of aromatic nitrogens is 2. The lowest BCUT2D eigenvalue weighted by molar-refractivity contribution is 0.0953. The van der Waals surface area contributed by atoms with Gasteiger partial charge in [-0.25, -0.2) is 0 Å². The first kappa shape index (κ1) is 14.1. The minimum absolute atomic E-state index is 0.164. The summed E-state index contributed by atoms with van der Waals surface area (Å²) in [6.45, 7) is 2.17. The Labute approximate surface area is 124 Å². The average Bonchev–Trinajstić information content (AvgIpc) is 2.78. The van der Waals surface area contributed by atoms with Crippen molar-refractivity contribution in [3.05, 3.63) is 40.0 Å². The van der Waals surface area contributed by atoms with Crippen molar-refractivity contribution in [3.63, 3.8) is 0 Å². The van der Waals surface area contributed by atoms with Crippen LogP contribution in [0.3, 0.4) is 0 Å². The SMILES string of the molecule is Cc1nc(CCNC(=O)c2cc(S)ccc2Br)no1. The van der Waals surface area contributed by atoms with Crippen molar-refractivity contribution in [1.29, 1.82) is 0 Å². The predicted octanol–water partition coefficient (Wildman–Crippen LogP) is 2.40. The van der Waals surface area contributed by atoms with Crippen LogP contribution >= 0.6 is 28.6 Å². The van der Waals surface area contributed by atoms with E-state index in [1.165, 1.54) is 0 Å². The third-order valence-corrected chi connectivity index (χ3v) is 3.37. The second-order valence-corrected chi connectivity index (χ2v) is 5.27. The number of nitrogens with one attached hydrogen (secondary N) is 1. The third kappa shape index (κ3) is 3.81. The Morgan fingerprint density at radius 1 is 1.53 bits per heavy atom. The van der Waals surface area contributed by atoms with Crippen molar-refractivity contribution < 1.29 is 9.32 Å². The topological polar surface area (TPSA) is 68.0 Å². The van der Waals surface area contributed by atoms with Gasteiger partial charge in [-0.15, -0.1) is 12.6 Å². The Morgan fingerprint density at radius 2 is 2.32 bits per heavy atom. The van der Waals surface area contributed by atoms with Gasteiger partial charge in [-0.05, 0) is 34.1 Å². The van der Waals surface area contributed by atoms with Gasteiger partial charge in [-0.1, -0.05) is 5.16 Å². The lowest BCUT2D eigenvalue weighted by Crippen LogP contribution is -2.26. The first-order valence-corrected chi connectivity index (χ1v) is 6.86. The summed E-state index contributed by atoms with van der Waals surface area (Å²) in [6, 6.07) is 5.31. The molecule has 7 heteroatoms. The van der Waals surface area contributed by atoms with E-state index in [1.807, 2.05) is 6.07 Å². The quantitative estimate of drug-likeness (QED) is 0.838. The van der Waals surface area contributed by atoms with Gasteiger partial charge in [0.25, 0.3) is 5.91 Å². The van der Waals surface area contributed by atoms with Crippen LogP contribution in [0.2, 0.25) is 0 Å². The summed E-state index contributed by atoms with van der Waals surface area (Å²) in [4.78, 5) is 16.8. The van der Waals surface area contributed by atoms with Gasteiger partial charge in [0.05, 0.1) is 5.56 Å². The summed E-state index contributed by atoms with van der Waals surface area (Å²) < 4.78 is 5.58. The molecular weight excluding hydrogens is 330 g/mol. The summed E-state index contributed by atoms with van der Waals surface area (Å²) in [5, 5.41) is 6.56. The maximum atomic E-state index is 12.0. The van der Waals surface area contributed by atoms with Crippen molar-refractivity contribution in [1.82, 2.24) is 15.5 Å². The molecule has 1 heterocycles. The molecule has 0 fully saturated rings. The molecule has 5 nitrogen and oxygen atoms in total. The molecule has 19 heavy (non-hydrogen) atoms. The highest BCUT2D eigenvalue weighted by Gasteiger charge is 2.10. The summed E-state index contributed by atoms with van der Waals surface area (Å²) >= 11 is 7.55. The molecule has 0 saturated heterocycles. The zero-order valence-corrected chi connectivity index (χ0v) is 12.7. The van der Waals surface area contributed by atoms with Crippen molar-refractivity contribution in [3.8, 4) is 0 Å². The normalized spacial score (nSPS) is 10.5. The zero-order valence-electron chi connectivity index (χ0n) is 10.2. The molecule has 0 saturated carbocycles. The zero-order chi connectivity index (χ0) is 13.8. The van der Waals surface area contributed by atoms with Gasteiger partial charge in [0.1, 0.15) is 0 Å². The molecule has 0 aliphatic carbocycles. The molecule has 0 radical (unpaired) electrons. The maximum Gasteiger partial charge on any atom is 0.252 e. The van der Waals surface area contributed by atoms with Gasteiger partial charge >= 0.3 is 0 Å². The third-order valence-electron chi connectivity index (χ3n) is 2.40. The molecule has 0 bridgehead atoms. The first-order valence-electron chi connectivity index (χ1n) is 5.62. The maximum absolute atomic E-state index is 12.0. The number of hydrogen-bond donors (Lipinski definition) is 2. The second kappa shape index (κ2) is 6.21. The van der Waals surface area contributed by atoms with Gasteiger partial charge in [0, 0.05) is 29.3 Å². The minimum atomic E-state index is -0.164. The summed E-state index contributed by atoms with van der Waals surface area (Å²) in [5.74, 6) is 0.939. The van der Waals surface area contributed by atoms with Gasteiger partial charge in [0.2, 0.25) is 5.89 Å². The smallest absolute Gasteiger partial charge is 0.252 e. The van der Waals surface area contributed by atoms with Crippen LogP contribution < -0.4 is 5.32 Å². The van der Waals surface area contributed by atoms with Crippen molar-refractivity contribution >= 4 is 34.5 Å². The number of halogens is 1. The molecule has 0 atom stereocenters. The van der Waals surface area contributed by atoms with Crippen LogP contribution in [-0.4, -0.2) is 22.6 Å². The van der Waals surface area contributed by atoms with Gasteiger partial charge < -0.3 is 9.84 Å². The van der Waals surface area contributed by atoms with Crippen LogP contribution in [0.5, 0.6) is 0 Å². The molecule has 0 spiro atoms. The fourth-order valence-electron chi connectivity index (χ4n) is 1.51. The highest BCUT2D eigenvalue weighted by molar-refractivity contribution is 9.10. The average molecular weight is 342 g/mol. The largest absolute Gasteiger partial charge is 0.352 e. The number of rotatable bonds is 4. The van der Waals surface area contributed by atoms with E-state index in [2.05, 4.69) is 44.0 Å². The molecule has 0 aliphatic rings. The molecule has 0 unspecified atom stereocenters. The Bertz CT molecular complexity index is 600. The van der Waals surface area contributed by atoms with Crippen LogP contribution in [0.1, 0.15) is 22.1 Å². The highest BCUT2D eigenvalue weighted by atomic mass is 79.9. The van der Waals surface area contributed by atoms with E-state index < -0.39 is 0 Å². The van der Waals surface area contributed by atoms with Crippen LogP contribution in [0.15, 0.2) is 32.1 Å². The molecular formula is C12H12BrN3O2S. The van der Waals surface area contributed by atoms with Crippen LogP contribution in [0.25, 0.3) is 0 Å². The van der Waals surface area contributed by atoms with Gasteiger partial charge in [-0.3, -0.25) is 4.79 Å². The van der Waals surface area contributed by atoms with E-state index in [0.717, 1.165) is 9.37 Å². The van der Waals surface area contributed by atoms with Gasteiger partial charge in [0.15, 0.2) is 5.82 Å². The molecule has 1 aromatic carbocycles. The monoisotopic (exact) mass is 341 g/mol. The standard InChI is InChI=1S/C12H12BrN3O2S/c1-7-15-11(16-18-7)4-5-14-12(17)9-6-8(19)2-3-10(9)13/h2-3,6,19H,4-5H2,1H3,(H,14,17). The van der Waals surface area contributed by atoms with E-state index in [0.29, 0.717) is 30.2 Å². The summed E-state index contributed by atoms with van der Waals surface area (Å²) in [6.07, 6.45) is 0.529. The molecule has 2 aromatic rings. The van der Waals surface area contributed by atoms with Crippen molar-refractivity contribution in [2.45, 2.75) is 18.2 Å². The second-order valence-electron chi connectivity index (χ2n) is 3.90. The van der Waals surface area contributed by atoms with E-state index in [-0.39, 0.29) is 5.91 Å².